The van der Waals surface area contributed by atoms with E-state index in [0.717, 1.165) is 24.5 Å². The fourth-order valence-electron chi connectivity index (χ4n) is 4.13. The molecule has 0 amide bonds. The Labute approximate surface area is 167 Å². The van der Waals surface area contributed by atoms with E-state index < -0.39 is 0 Å². The first-order chi connectivity index (χ1) is 13.7. The summed E-state index contributed by atoms with van der Waals surface area (Å²) in [4.78, 5) is 0. The fraction of sp³-hybridized carbons (Fsp3) is 0.280. The first kappa shape index (κ1) is 18.6. The summed E-state index contributed by atoms with van der Waals surface area (Å²) >= 11 is 0. The van der Waals surface area contributed by atoms with E-state index in [0.29, 0.717) is 6.61 Å². The number of hydrogen-bond acceptors (Lipinski definition) is 3. The van der Waals surface area contributed by atoms with E-state index in [-0.39, 0.29) is 6.04 Å². The van der Waals surface area contributed by atoms with Crippen LogP contribution in [-0.2, 0) is 13.0 Å². The zero-order valence-electron chi connectivity index (χ0n) is 16.8. The van der Waals surface area contributed by atoms with Gasteiger partial charge < -0.3 is 14.8 Å². The molecule has 1 unspecified atom stereocenters. The lowest BCUT2D eigenvalue weighted by atomic mass is 9.88. The molecule has 0 aromatic heterocycles. The van der Waals surface area contributed by atoms with Crippen molar-refractivity contribution in [3.05, 3.63) is 94.0 Å². The Hall–Kier alpha value is -2.78. The molecule has 0 saturated carbocycles. The molecule has 0 saturated heterocycles. The molecule has 3 heteroatoms. The summed E-state index contributed by atoms with van der Waals surface area (Å²) in [5.74, 6) is 1.90. The largest absolute Gasteiger partial charge is 0.496 e. The van der Waals surface area contributed by atoms with Crippen LogP contribution in [-0.4, -0.2) is 13.7 Å². The van der Waals surface area contributed by atoms with Crippen LogP contribution in [0.15, 0.2) is 60.7 Å². The number of fused-ring (bicyclic) bond motifs is 1. The van der Waals surface area contributed by atoms with Crippen molar-refractivity contribution >= 4 is 0 Å². The van der Waals surface area contributed by atoms with Crippen molar-refractivity contribution in [3.63, 3.8) is 0 Å². The Morgan fingerprint density at radius 1 is 0.964 bits per heavy atom. The number of aryl methyl sites for hydroxylation is 2. The van der Waals surface area contributed by atoms with Gasteiger partial charge in [0.15, 0.2) is 0 Å². The second kappa shape index (κ2) is 8.07. The van der Waals surface area contributed by atoms with Gasteiger partial charge in [-0.05, 0) is 54.7 Å². The fourth-order valence-corrected chi connectivity index (χ4v) is 4.13. The lowest BCUT2D eigenvalue weighted by Crippen LogP contribution is -2.31. The third kappa shape index (κ3) is 3.76. The molecule has 0 aliphatic carbocycles. The van der Waals surface area contributed by atoms with Gasteiger partial charge in [0.05, 0.1) is 13.2 Å². The molecule has 0 spiro atoms. The molecule has 1 aliphatic rings. The Morgan fingerprint density at radius 3 is 2.57 bits per heavy atom. The second-order valence-electron chi connectivity index (χ2n) is 7.48. The minimum absolute atomic E-state index is 0.139. The van der Waals surface area contributed by atoms with Gasteiger partial charge in [-0.25, -0.2) is 0 Å². The summed E-state index contributed by atoms with van der Waals surface area (Å²) in [6.45, 7) is 5.78. The topological polar surface area (TPSA) is 30.5 Å². The third-order valence-electron chi connectivity index (χ3n) is 5.38. The molecule has 0 radical (unpaired) electrons. The molecule has 0 bridgehead atoms. The Bertz CT molecular complexity index is 966. The molecule has 1 heterocycles. The van der Waals surface area contributed by atoms with Gasteiger partial charge in [0.1, 0.15) is 18.1 Å². The SMILES string of the molecule is COc1c(C)cc(C)cc1C1NCCc2cc(OCc3ccccc3)ccc21. The highest BCUT2D eigenvalue weighted by molar-refractivity contribution is 5.51. The average Bonchev–Trinajstić information content (AvgIpc) is 2.72. The Morgan fingerprint density at radius 2 is 1.79 bits per heavy atom. The number of ether oxygens (including phenoxy) is 2. The van der Waals surface area contributed by atoms with Gasteiger partial charge in [-0.3, -0.25) is 0 Å². The van der Waals surface area contributed by atoms with Crippen LogP contribution in [0.25, 0.3) is 0 Å². The lowest BCUT2D eigenvalue weighted by Gasteiger charge is -2.29. The standard InChI is InChI=1S/C25H27NO2/c1-17-13-18(2)25(27-3)23(14-17)24-22-10-9-21(15-20(22)11-12-26-24)28-16-19-7-5-4-6-8-19/h4-10,13-15,24,26H,11-12,16H2,1-3H3. The molecule has 3 aromatic rings. The van der Waals surface area contributed by atoms with Crippen LogP contribution in [0.2, 0.25) is 0 Å². The zero-order valence-corrected chi connectivity index (χ0v) is 16.8. The Kier molecular flexibility index (Phi) is 5.36. The summed E-state index contributed by atoms with van der Waals surface area (Å²) in [5, 5.41) is 3.68. The summed E-state index contributed by atoms with van der Waals surface area (Å²) in [5.41, 5.74) is 7.47. The van der Waals surface area contributed by atoms with Gasteiger partial charge in [-0.2, -0.15) is 0 Å². The van der Waals surface area contributed by atoms with Crippen LogP contribution in [0.1, 0.15) is 39.4 Å². The van der Waals surface area contributed by atoms with Gasteiger partial charge in [0.25, 0.3) is 0 Å². The van der Waals surface area contributed by atoms with Gasteiger partial charge in [0, 0.05) is 12.1 Å². The predicted molar refractivity (Wildman–Crippen MR) is 113 cm³/mol. The normalized spacial score (nSPS) is 15.8. The molecule has 1 atom stereocenters. The van der Waals surface area contributed by atoms with Crippen LogP contribution in [0.4, 0.5) is 0 Å². The number of benzene rings is 3. The van der Waals surface area contributed by atoms with E-state index in [4.69, 9.17) is 9.47 Å². The monoisotopic (exact) mass is 373 g/mol. The van der Waals surface area contributed by atoms with Crippen LogP contribution in [0, 0.1) is 13.8 Å². The quantitative estimate of drug-likeness (QED) is 0.673. The third-order valence-corrected chi connectivity index (χ3v) is 5.38. The first-order valence-electron chi connectivity index (χ1n) is 9.84. The van der Waals surface area contributed by atoms with E-state index in [9.17, 15) is 0 Å². The average molecular weight is 373 g/mol. The predicted octanol–water partition coefficient (Wildman–Crippen LogP) is 5.13. The summed E-state index contributed by atoms with van der Waals surface area (Å²) in [6.07, 6.45) is 1.00. The van der Waals surface area contributed by atoms with Crippen molar-refractivity contribution in [2.45, 2.75) is 32.9 Å². The maximum Gasteiger partial charge on any atom is 0.126 e. The summed E-state index contributed by atoms with van der Waals surface area (Å²) in [7, 11) is 1.76. The minimum atomic E-state index is 0.139. The molecule has 3 nitrogen and oxygen atoms in total. The Balaban J connectivity index is 1.62. The number of rotatable bonds is 5. The van der Waals surface area contributed by atoms with Crippen molar-refractivity contribution in [2.24, 2.45) is 0 Å². The maximum absolute atomic E-state index is 6.04. The van der Waals surface area contributed by atoms with Crippen molar-refractivity contribution in [3.8, 4) is 11.5 Å². The van der Waals surface area contributed by atoms with E-state index in [1.165, 1.54) is 33.4 Å². The van der Waals surface area contributed by atoms with Gasteiger partial charge >= 0.3 is 0 Å². The van der Waals surface area contributed by atoms with E-state index >= 15 is 0 Å². The highest BCUT2D eigenvalue weighted by Gasteiger charge is 2.25. The molecule has 1 N–H and O–H groups in total. The second-order valence-corrected chi connectivity index (χ2v) is 7.48. The molecule has 4 rings (SSSR count). The van der Waals surface area contributed by atoms with Crippen molar-refractivity contribution in [1.82, 2.24) is 5.32 Å². The van der Waals surface area contributed by atoms with E-state index in [1.54, 1.807) is 7.11 Å². The van der Waals surface area contributed by atoms with Crippen molar-refractivity contribution in [2.75, 3.05) is 13.7 Å². The minimum Gasteiger partial charge on any atom is -0.496 e. The number of methoxy groups -OCH3 is 1. The maximum atomic E-state index is 6.04. The number of hydrogen-bond donors (Lipinski definition) is 1. The van der Waals surface area contributed by atoms with Crippen LogP contribution in [0.5, 0.6) is 11.5 Å². The number of nitrogens with one attached hydrogen (secondary N) is 1. The molecule has 0 fully saturated rings. The molecular weight excluding hydrogens is 346 g/mol. The molecular formula is C25H27NO2. The van der Waals surface area contributed by atoms with Gasteiger partial charge in [0.2, 0.25) is 0 Å². The highest BCUT2D eigenvalue weighted by Crippen LogP contribution is 2.37. The van der Waals surface area contributed by atoms with E-state index in [2.05, 4.69) is 61.6 Å². The zero-order chi connectivity index (χ0) is 19.5. The van der Waals surface area contributed by atoms with E-state index in [1.807, 2.05) is 18.2 Å². The summed E-state index contributed by atoms with van der Waals surface area (Å²) in [6, 6.07) is 21.3. The lowest BCUT2D eigenvalue weighted by molar-refractivity contribution is 0.305. The van der Waals surface area contributed by atoms with Crippen molar-refractivity contribution < 1.29 is 9.47 Å². The highest BCUT2D eigenvalue weighted by atomic mass is 16.5. The molecule has 1 aliphatic heterocycles. The smallest absolute Gasteiger partial charge is 0.126 e. The molecule has 28 heavy (non-hydrogen) atoms. The van der Waals surface area contributed by atoms with Crippen LogP contribution < -0.4 is 14.8 Å². The van der Waals surface area contributed by atoms with Gasteiger partial charge in [-0.1, -0.05) is 54.1 Å². The van der Waals surface area contributed by atoms with Crippen LogP contribution >= 0.6 is 0 Å². The summed E-state index contributed by atoms with van der Waals surface area (Å²) < 4.78 is 11.8. The van der Waals surface area contributed by atoms with Crippen LogP contribution in [0.3, 0.4) is 0 Å². The van der Waals surface area contributed by atoms with Gasteiger partial charge in [-0.15, -0.1) is 0 Å². The van der Waals surface area contributed by atoms with Crippen molar-refractivity contribution in [1.29, 1.82) is 0 Å². The molecule has 3 aromatic carbocycles. The first-order valence-corrected chi connectivity index (χ1v) is 9.84. The molecule has 144 valence electrons.